The van der Waals surface area contributed by atoms with Crippen molar-refractivity contribution in [2.75, 3.05) is 0 Å². The molecule has 0 aliphatic carbocycles. The zero-order valence-corrected chi connectivity index (χ0v) is 15.6. The van der Waals surface area contributed by atoms with E-state index >= 15 is 0 Å². The fourth-order valence-electron chi connectivity index (χ4n) is 2.85. The van der Waals surface area contributed by atoms with E-state index in [4.69, 9.17) is 0 Å². The van der Waals surface area contributed by atoms with E-state index in [-0.39, 0.29) is 11.9 Å². The highest BCUT2D eigenvalue weighted by Crippen LogP contribution is 2.26. The summed E-state index contributed by atoms with van der Waals surface area (Å²) in [6, 6.07) is 19.4. The molecule has 0 aliphatic heterocycles. The molecule has 5 nitrogen and oxygen atoms in total. The number of hydrogen-bond acceptors (Lipinski definition) is 4. The summed E-state index contributed by atoms with van der Waals surface area (Å²) in [4.78, 5) is 17.9. The monoisotopic (exact) mass is 374 g/mol. The molecule has 0 aliphatic rings. The van der Waals surface area contributed by atoms with Crippen LogP contribution in [0.25, 0.3) is 5.69 Å². The Morgan fingerprint density at radius 2 is 1.85 bits per heavy atom. The van der Waals surface area contributed by atoms with Gasteiger partial charge in [-0.05, 0) is 48.2 Å². The number of carbonyl (C=O) groups is 1. The van der Waals surface area contributed by atoms with Crippen LogP contribution in [0.3, 0.4) is 0 Å². The van der Waals surface area contributed by atoms with Crippen molar-refractivity contribution in [1.82, 2.24) is 20.1 Å². The van der Waals surface area contributed by atoms with Crippen molar-refractivity contribution in [2.45, 2.75) is 13.0 Å². The van der Waals surface area contributed by atoms with Gasteiger partial charge in [-0.2, -0.15) is 5.10 Å². The van der Waals surface area contributed by atoms with Gasteiger partial charge in [-0.1, -0.05) is 35.9 Å². The van der Waals surface area contributed by atoms with Gasteiger partial charge in [-0.15, -0.1) is 11.3 Å². The third-order valence-electron chi connectivity index (χ3n) is 4.33. The van der Waals surface area contributed by atoms with Gasteiger partial charge >= 0.3 is 0 Å². The first-order chi connectivity index (χ1) is 13.2. The highest BCUT2D eigenvalue weighted by atomic mass is 32.1. The largest absolute Gasteiger partial charge is 0.340 e. The summed E-state index contributed by atoms with van der Waals surface area (Å²) in [6.45, 7) is 2.05. The average Bonchev–Trinajstić information content (AvgIpc) is 3.41. The predicted octanol–water partition coefficient (Wildman–Crippen LogP) is 4.16. The van der Waals surface area contributed by atoms with Gasteiger partial charge in [0.05, 0.1) is 11.7 Å². The molecule has 2 aromatic heterocycles. The Balaban J connectivity index is 1.57. The number of aromatic nitrogens is 3. The maximum atomic E-state index is 12.8. The number of hydrogen-bond donors (Lipinski definition) is 1. The van der Waals surface area contributed by atoms with Crippen molar-refractivity contribution < 1.29 is 4.79 Å². The molecule has 4 rings (SSSR count). The molecule has 6 heteroatoms. The van der Waals surface area contributed by atoms with E-state index < -0.39 is 0 Å². The molecule has 0 spiro atoms. The maximum absolute atomic E-state index is 12.8. The smallest absolute Gasteiger partial charge is 0.252 e. The summed E-state index contributed by atoms with van der Waals surface area (Å²) in [5, 5.41) is 9.28. The van der Waals surface area contributed by atoms with Crippen molar-refractivity contribution >= 4 is 17.2 Å². The molecule has 27 heavy (non-hydrogen) atoms. The first-order valence-corrected chi connectivity index (χ1v) is 9.44. The SMILES string of the molecule is Cc1ccc(C(NC(=O)c2ccc(-n3cncn3)cc2)c2cccs2)cc1. The van der Waals surface area contributed by atoms with Crippen LogP contribution in [-0.2, 0) is 0 Å². The van der Waals surface area contributed by atoms with Crippen molar-refractivity contribution in [1.29, 1.82) is 0 Å². The Hall–Kier alpha value is -3.25. The second-order valence-corrected chi connectivity index (χ2v) is 7.20. The number of nitrogens with one attached hydrogen (secondary N) is 1. The fourth-order valence-corrected chi connectivity index (χ4v) is 3.66. The predicted molar refractivity (Wildman–Crippen MR) is 106 cm³/mol. The van der Waals surface area contributed by atoms with Gasteiger partial charge in [-0.25, -0.2) is 9.67 Å². The summed E-state index contributed by atoms with van der Waals surface area (Å²) in [5.74, 6) is -0.112. The van der Waals surface area contributed by atoms with Gasteiger partial charge in [0, 0.05) is 10.4 Å². The normalized spacial score (nSPS) is 11.9. The van der Waals surface area contributed by atoms with Gasteiger partial charge in [0.25, 0.3) is 5.91 Å². The van der Waals surface area contributed by atoms with E-state index in [0.717, 1.165) is 16.1 Å². The standard InChI is InChI=1S/C21H18N4OS/c1-15-4-6-16(7-5-15)20(19-3-2-12-27-19)24-21(26)17-8-10-18(11-9-17)25-14-22-13-23-25/h2-14,20H,1H3,(H,24,26). The van der Waals surface area contributed by atoms with Crippen LogP contribution in [0, 0.1) is 6.92 Å². The molecule has 134 valence electrons. The summed E-state index contributed by atoms with van der Waals surface area (Å²) < 4.78 is 1.66. The number of amides is 1. The van der Waals surface area contributed by atoms with Gasteiger partial charge in [0.1, 0.15) is 12.7 Å². The molecule has 1 N–H and O–H groups in total. The molecule has 0 fully saturated rings. The van der Waals surface area contributed by atoms with E-state index in [1.165, 1.54) is 11.9 Å². The van der Waals surface area contributed by atoms with Crippen molar-refractivity contribution in [3.05, 3.63) is 100 Å². The van der Waals surface area contributed by atoms with Gasteiger partial charge in [0.2, 0.25) is 0 Å². The molecule has 2 heterocycles. The first-order valence-electron chi connectivity index (χ1n) is 8.56. The van der Waals surface area contributed by atoms with Crippen LogP contribution in [0.5, 0.6) is 0 Å². The molecule has 0 radical (unpaired) electrons. The van der Waals surface area contributed by atoms with Crippen LogP contribution in [-0.4, -0.2) is 20.7 Å². The minimum atomic E-state index is -0.173. The highest BCUT2D eigenvalue weighted by Gasteiger charge is 2.18. The number of thiophene rings is 1. The van der Waals surface area contributed by atoms with Crippen molar-refractivity contribution in [3.63, 3.8) is 0 Å². The molecule has 4 aromatic rings. The Morgan fingerprint density at radius 3 is 2.48 bits per heavy atom. The number of aryl methyl sites for hydroxylation is 1. The van der Waals surface area contributed by atoms with Crippen LogP contribution in [0.15, 0.2) is 78.7 Å². The first kappa shape index (κ1) is 17.2. The summed E-state index contributed by atoms with van der Waals surface area (Å²) in [7, 11) is 0. The second-order valence-electron chi connectivity index (χ2n) is 6.22. The third-order valence-corrected chi connectivity index (χ3v) is 5.26. The number of benzene rings is 2. The van der Waals surface area contributed by atoms with E-state index in [1.807, 2.05) is 29.6 Å². The molecular weight excluding hydrogens is 356 g/mol. The van der Waals surface area contributed by atoms with Gasteiger partial charge in [-0.3, -0.25) is 4.79 Å². The lowest BCUT2D eigenvalue weighted by Crippen LogP contribution is -2.28. The molecule has 0 saturated heterocycles. The number of rotatable bonds is 5. The van der Waals surface area contributed by atoms with Gasteiger partial charge < -0.3 is 5.32 Å². The molecule has 0 bridgehead atoms. The number of carbonyl (C=O) groups excluding carboxylic acids is 1. The Kier molecular flexibility index (Phi) is 4.80. The second kappa shape index (κ2) is 7.55. The average molecular weight is 374 g/mol. The molecule has 1 atom stereocenters. The van der Waals surface area contributed by atoms with Crippen LogP contribution in [0.4, 0.5) is 0 Å². The summed E-state index contributed by atoms with van der Waals surface area (Å²) >= 11 is 1.63. The zero-order chi connectivity index (χ0) is 18.6. The van der Waals surface area contributed by atoms with Crippen molar-refractivity contribution in [2.24, 2.45) is 0 Å². The van der Waals surface area contributed by atoms with E-state index in [0.29, 0.717) is 5.56 Å². The minimum Gasteiger partial charge on any atom is -0.340 e. The summed E-state index contributed by atoms with van der Waals surface area (Å²) in [6.07, 6.45) is 3.10. The third kappa shape index (κ3) is 3.80. The topological polar surface area (TPSA) is 59.8 Å². The molecule has 2 aromatic carbocycles. The highest BCUT2D eigenvalue weighted by molar-refractivity contribution is 7.10. The Labute approximate surface area is 161 Å². The van der Waals surface area contributed by atoms with E-state index in [1.54, 1.807) is 34.5 Å². The quantitative estimate of drug-likeness (QED) is 0.571. The lowest BCUT2D eigenvalue weighted by atomic mass is 10.0. The van der Waals surface area contributed by atoms with Crippen LogP contribution in [0.2, 0.25) is 0 Å². The van der Waals surface area contributed by atoms with E-state index in [2.05, 4.69) is 46.6 Å². The zero-order valence-electron chi connectivity index (χ0n) is 14.7. The Bertz CT molecular complexity index is 1010. The molecule has 1 amide bonds. The van der Waals surface area contributed by atoms with Gasteiger partial charge in [0.15, 0.2) is 0 Å². The minimum absolute atomic E-state index is 0.112. The van der Waals surface area contributed by atoms with E-state index in [9.17, 15) is 4.79 Å². The molecule has 1 unspecified atom stereocenters. The fraction of sp³-hybridized carbons (Fsp3) is 0.0952. The van der Waals surface area contributed by atoms with Crippen LogP contribution in [0.1, 0.15) is 32.4 Å². The molecule has 0 saturated carbocycles. The summed E-state index contributed by atoms with van der Waals surface area (Å²) in [5.41, 5.74) is 3.72. The van der Waals surface area contributed by atoms with Crippen molar-refractivity contribution in [3.8, 4) is 5.69 Å². The number of nitrogens with zero attached hydrogens (tertiary/aromatic N) is 3. The van der Waals surface area contributed by atoms with Crippen LogP contribution >= 0.6 is 11.3 Å². The lowest BCUT2D eigenvalue weighted by molar-refractivity contribution is 0.0943. The molecular formula is C21H18N4OS. The van der Waals surface area contributed by atoms with Crippen LogP contribution < -0.4 is 5.32 Å². The Morgan fingerprint density at radius 1 is 1.07 bits per heavy atom. The maximum Gasteiger partial charge on any atom is 0.252 e. The lowest BCUT2D eigenvalue weighted by Gasteiger charge is -2.18.